The van der Waals surface area contributed by atoms with Crippen molar-refractivity contribution >= 4 is 39.5 Å². The molecule has 41 heavy (non-hydrogen) atoms. The number of fused-ring (bicyclic) bond motifs is 2. The number of hydrogen-bond acceptors (Lipinski definition) is 5. The monoisotopic (exact) mass is 640 g/mol. The van der Waals surface area contributed by atoms with E-state index in [1.807, 2.05) is 34.0 Å². The topological polar surface area (TPSA) is 94.8 Å². The number of benzene rings is 1. The molecule has 0 spiro atoms. The fourth-order valence-electron chi connectivity index (χ4n) is 6.76. The van der Waals surface area contributed by atoms with Gasteiger partial charge >= 0.3 is 6.09 Å². The van der Waals surface area contributed by atoms with Crippen LogP contribution in [0.2, 0.25) is 5.02 Å². The van der Waals surface area contributed by atoms with E-state index in [0.717, 1.165) is 71.9 Å². The van der Waals surface area contributed by atoms with Gasteiger partial charge in [-0.05, 0) is 89.3 Å². The number of aryl methyl sites for hydroxylation is 3. The second kappa shape index (κ2) is 12.1. The van der Waals surface area contributed by atoms with Gasteiger partial charge in [0.2, 0.25) is 5.91 Å². The molecule has 6 rings (SSSR count). The quantitative estimate of drug-likeness (QED) is 0.421. The standard InChI is InChI=1S/C30H34BrClN6O3/c31-22-15-21-5-4-20-16-23(32)6-7-25(20)28(27(21)34-17-22)36-13-14-38(30(40)41)26(18-36)29(39)37-10-2-1-3-24(37)8-11-35-12-9-33-19-35/h6-7,9,12,15-17,19,24,26,28H,1-5,8,10-11,13-14,18H2,(H,40,41)/t24?,26-,28+/m1/s1. The molecule has 1 aromatic carbocycles. The molecule has 4 heterocycles. The normalized spacial score (nSPS) is 23.0. The van der Waals surface area contributed by atoms with Crippen LogP contribution in [0.25, 0.3) is 0 Å². The Labute approximate surface area is 253 Å². The molecule has 1 aliphatic carbocycles. The first-order valence-electron chi connectivity index (χ1n) is 14.3. The van der Waals surface area contributed by atoms with Crippen LogP contribution in [-0.4, -0.2) is 84.6 Å². The summed E-state index contributed by atoms with van der Waals surface area (Å²) in [4.78, 5) is 41.2. The van der Waals surface area contributed by atoms with Crippen molar-refractivity contribution in [2.75, 3.05) is 26.2 Å². The average Bonchev–Trinajstić information content (AvgIpc) is 3.45. The van der Waals surface area contributed by atoms with Crippen molar-refractivity contribution in [2.45, 2.75) is 63.2 Å². The molecule has 3 aliphatic rings. The third-order valence-electron chi connectivity index (χ3n) is 8.79. The SMILES string of the molecule is O=C([C@H]1CN([C@H]2c3ccc(Cl)cc3CCc3cc(Br)cnc32)CCN1C(=O)O)N1CCCCC1CCn1ccnc1. The van der Waals surface area contributed by atoms with Crippen LogP contribution in [0.5, 0.6) is 0 Å². The molecule has 216 valence electrons. The molecule has 2 aromatic heterocycles. The van der Waals surface area contributed by atoms with Gasteiger partial charge in [0.05, 0.1) is 18.1 Å². The fourth-order valence-corrected chi connectivity index (χ4v) is 7.33. The van der Waals surface area contributed by atoms with Crippen molar-refractivity contribution in [2.24, 2.45) is 0 Å². The number of carbonyl (C=O) groups is 2. The molecule has 2 fully saturated rings. The van der Waals surface area contributed by atoms with E-state index in [9.17, 15) is 14.7 Å². The molecular weight excluding hydrogens is 608 g/mol. The molecule has 3 atom stereocenters. The van der Waals surface area contributed by atoms with Gasteiger partial charge in [-0.2, -0.15) is 0 Å². The summed E-state index contributed by atoms with van der Waals surface area (Å²) in [5, 5.41) is 10.9. The number of piperidine rings is 1. The molecule has 0 bridgehead atoms. The highest BCUT2D eigenvalue weighted by Crippen LogP contribution is 2.39. The van der Waals surface area contributed by atoms with Crippen LogP contribution in [0.15, 0.2) is 53.7 Å². The summed E-state index contributed by atoms with van der Waals surface area (Å²) in [6.45, 7) is 2.49. The van der Waals surface area contributed by atoms with Gasteiger partial charge in [-0.3, -0.25) is 19.6 Å². The largest absolute Gasteiger partial charge is 0.465 e. The molecule has 9 nitrogen and oxygen atoms in total. The Morgan fingerprint density at radius 1 is 1.07 bits per heavy atom. The van der Waals surface area contributed by atoms with E-state index in [1.165, 1.54) is 4.90 Å². The molecule has 2 amide bonds. The Bertz CT molecular complexity index is 1370. The first kappa shape index (κ1) is 28.2. The number of carboxylic acid groups (broad SMARTS) is 1. The maximum atomic E-state index is 14.3. The first-order valence-corrected chi connectivity index (χ1v) is 15.5. The summed E-state index contributed by atoms with van der Waals surface area (Å²) in [5.74, 6) is -0.0960. The minimum atomic E-state index is -1.05. The molecule has 11 heteroatoms. The number of pyridine rings is 1. The van der Waals surface area contributed by atoms with E-state index in [-0.39, 0.29) is 24.5 Å². The Morgan fingerprint density at radius 2 is 1.93 bits per heavy atom. The zero-order valence-corrected chi connectivity index (χ0v) is 25.2. The number of aromatic nitrogens is 3. The summed E-state index contributed by atoms with van der Waals surface area (Å²) >= 11 is 9.99. The highest BCUT2D eigenvalue weighted by molar-refractivity contribution is 9.10. The van der Waals surface area contributed by atoms with Crippen LogP contribution in [0, 0.1) is 0 Å². The zero-order valence-electron chi connectivity index (χ0n) is 22.8. The first-order chi connectivity index (χ1) is 19.9. The average molecular weight is 642 g/mol. The third kappa shape index (κ3) is 5.87. The number of halogens is 2. The van der Waals surface area contributed by atoms with Crippen LogP contribution in [0.4, 0.5) is 4.79 Å². The fraction of sp³-hybridized carbons (Fsp3) is 0.467. The maximum absolute atomic E-state index is 14.3. The minimum absolute atomic E-state index is 0.0742. The van der Waals surface area contributed by atoms with E-state index in [1.54, 1.807) is 12.5 Å². The molecule has 2 saturated heterocycles. The van der Waals surface area contributed by atoms with Crippen molar-refractivity contribution in [1.82, 2.24) is 29.2 Å². The lowest BCUT2D eigenvalue weighted by atomic mass is 9.94. The second-order valence-corrected chi connectivity index (χ2v) is 12.6. The Hall–Kier alpha value is -2.95. The number of hydrogen-bond donors (Lipinski definition) is 1. The summed E-state index contributed by atoms with van der Waals surface area (Å²) in [5.41, 5.74) is 4.39. The number of carbonyl (C=O) groups excluding carboxylic acids is 1. The van der Waals surface area contributed by atoms with Crippen LogP contribution in [-0.2, 0) is 24.2 Å². The Kier molecular flexibility index (Phi) is 8.33. The number of rotatable bonds is 5. The molecule has 1 unspecified atom stereocenters. The number of nitrogens with zero attached hydrogens (tertiary/aromatic N) is 6. The highest BCUT2D eigenvalue weighted by atomic mass is 79.9. The van der Waals surface area contributed by atoms with Crippen molar-refractivity contribution in [3.05, 3.63) is 81.1 Å². The van der Waals surface area contributed by atoms with Gasteiger partial charge in [0.25, 0.3) is 0 Å². The molecule has 1 N–H and O–H groups in total. The minimum Gasteiger partial charge on any atom is -0.465 e. The lowest BCUT2D eigenvalue weighted by Crippen LogP contribution is -2.63. The van der Waals surface area contributed by atoms with Gasteiger partial charge in [-0.1, -0.05) is 17.7 Å². The Balaban J connectivity index is 1.31. The van der Waals surface area contributed by atoms with Crippen molar-refractivity contribution in [3.8, 4) is 0 Å². The van der Waals surface area contributed by atoms with E-state index in [2.05, 4.69) is 37.9 Å². The summed E-state index contributed by atoms with van der Waals surface area (Å²) < 4.78 is 2.96. The molecule has 0 radical (unpaired) electrons. The number of likely N-dealkylation sites (tertiary alicyclic amines) is 1. The molecule has 3 aromatic rings. The van der Waals surface area contributed by atoms with Crippen LogP contribution < -0.4 is 0 Å². The van der Waals surface area contributed by atoms with Crippen LogP contribution in [0.1, 0.15) is 54.1 Å². The second-order valence-electron chi connectivity index (χ2n) is 11.2. The summed E-state index contributed by atoms with van der Waals surface area (Å²) in [6.07, 6.45) is 11.7. The number of imidazole rings is 1. The van der Waals surface area contributed by atoms with Crippen LogP contribution in [0.3, 0.4) is 0 Å². The van der Waals surface area contributed by atoms with Gasteiger partial charge < -0.3 is 14.6 Å². The van der Waals surface area contributed by atoms with Gasteiger partial charge in [0.15, 0.2) is 0 Å². The number of piperazine rings is 1. The van der Waals surface area contributed by atoms with Crippen molar-refractivity contribution < 1.29 is 14.7 Å². The van der Waals surface area contributed by atoms with Gasteiger partial charge in [0, 0.05) is 66.9 Å². The van der Waals surface area contributed by atoms with E-state index >= 15 is 0 Å². The zero-order chi connectivity index (χ0) is 28.5. The summed E-state index contributed by atoms with van der Waals surface area (Å²) in [6, 6.07) is 7.22. The molecular formula is C30H34BrClN6O3. The predicted molar refractivity (Wildman–Crippen MR) is 159 cm³/mol. The highest BCUT2D eigenvalue weighted by Gasteiger charge is 2.43. The van der Waals surface area contributed by atoms with Crippen LogP contribution >= 0.6 is 27.5 Å². The van der Waals surface area contributed by atoms with Crippen molar-refractivity contribution in [1.29, 1.82) is 0 Å². The van der Waals surface area contributed by atoms with Crippen molar-refractivity contribution in [3.63, 3.8) is 0 Å². The smallest absolute Gasteiger partial charge is 0.408 e. The van der Waals surface area contributed by atoms with E-state index in [0.29, 0.717) is 24.7 Å². The molecule has 0 saturated carbocycles. The van der Waals surface area contributed by atoms with Gasteiger partial charge in [-0.15, -0.1) is 0 Å². The van der Waals surface area contributed by atoms with Gasteiger partial charge in [-0.25, -0.2) is 9.78 Å². The van der Waals surface area contributed by atoms with Gasteiger partial charge in [0.1, 0.15) is 6.04 Å². The Morgan fingerprint density at radius 3 is 2.73 bits per heavy atom. The maximum Gasteiger partial charge on any atom is 0.408 e. The van der Waals surface area contributed by atoms with E-state index in [4.69, 9.17) is 16.6 Å². The lowest BCUT2D eigenvalue weighted by molar-refractivity contribution is -0.143. The lowest BCUT2D eigenvalue weighted by Gasteiger charge is -2.46. The third-order valence-corrected chi connectivity index (χ3v) is 9.46. The summed E-state index contributed by atoms with van der Waals surface area (Å²) in [7, 11) is 0. The predicted octanol–water partition coefficient (Wildman–Crippen LogP) is 5.02. The molecule has 2 aliphatic heterocycles. The number of amides is 2. The van der Waals surface area contributed by atoms with E-state index < -0.39 is 12.1 Å².